The maximum Gasteiger partial charge on any atom is 0.233 e. The number of nitrogens with zero attached hydrogens (tertiary/aromatic N) is 1. The second-order valence-electron chi connectivity index (χ2n) is 5.14. The van der Waals surface area contributed by atoms with E-state index in [-0.39, 0.29) is 0 Å². The van der Waals surface area contributed by atoms with Gasteiger partial charge in [0.1, 0.15) is 0 Å². The molecule has 1 aromatic heterocycles. The summed E-state index contributed by atoms with van der Waals surface area (Å²) in [5.74, 6) is 0. The Morgan fingerprint density at radius 1 is 1.22 bits per heavy atom. The zero-order valence-corrected chi connectivity index (χ0v) is 12.2. The average molecular weight is 260 g/mol. The van der Waals surface area contributed by atoms with Crippen LogP contribution in [0.15, 0.2) is 30.3 Å². The first kappa shape index (κ1) is 13.2. The molecule has 0 atom stereocenters. The third-order valence-corrected chi connectivity index (χ3v) is 4.58. The maximum atomic E-state index is 10.1. The van der Waals surface area contributed by atoms with Crippen molar-refractivity contribution in [1.82, 2.24) is 10.3 Å². The summed E-state index contributed by atoms with van der Waals surface area (Å²) >= 11 is 0. The van der Waals surface area contributed by atoms with Crippen molar-refractivity contribution in [3.8, 4) is 0 Å². The molecular formula is C14H20N2OSi. The van der Waals surface area contributed by atoms with Crippen LogP contribution in [0.2, 0.25) is 13.1 Å². The summed E-state index contributed by atoms with van der Waals surface area (Å²) in [6.45, 7) is 4.76. The summed E-state index contributed by atoms with van der Waals surface area (Å²) in [6, 6.07) is 10.4. The van der Waals surface area contributed by atoms with Crippen LogP contribution in [-0.2, 0) is 6.42 Å². The van der Waals surface area contributed by atoms with E-state index in [9.17, 15) is 4.80 Å². The van der Waals surface area contributed by atoms with E-state index in [1.54, 1.807) is 0 Å². The van der Waals surface area contributed by atoms with E-state index >= 15 is 0 Å². The van der Waals surface area contributed by atoms with Gasteiger partial charge in [-0.05, 0) is 56.9 Å². The predicted octanol–water partition coefficient (Wildman–Crippen LogP) is 1.40. The first-order valence-electron chi connectivity index (χ1n) is 6.28. The number of fused-ring (bicyclic) bond motifs is 1. The topological polar surface area (TPSA) is 45.2 Å². The molecule has 2 rings (SSSR count). The number of hydrogen-bond acceptors (Lipinski definition) is 3. The average Bonchev–Trinajstić information content (AvgIpc) is 2.34. The van der Waals surface area contributed by atoms with Crippen LogP contribution in [0.5, 0.6) is 0 Å². The Labute approximate surface area is 109 Å². The maximum absolute atomic E-state index is 10.1. The molecule has 0 unspecified atom stereocenters. The number of rotatable bonds is 4. The van der Waals surface area contributed by atoms with Crippen molar-refractivity contribution in [3.05, 3.63) is 35.9 Å². The van der Waals surface area contributed by atoms with E-state index in [1.165, 1.54) is 5.56 Å². The molecule has 0 fully saturated rings. The highest BCUT2D eigenvalue weighted by molar-refractivity contribution is 6.82. The fraction of sp³-hybridized carbons (Fsp3) is 0.357. The number of pyridine rings is 1. The minimum Gasteiger partial charge on any atom is -0.426 e. The summed E-state index contributed by atoms with van der Waals surface area (Å²) in [7, 11) is -0.345. The number of aromatic nitrogens is 1. The molecule has 0 spiro atoms. The molecule has 1 aromatic carbocycles. The van der Waals surface area contributed by atoms with E-state index < -0.39 is 8.32 Å². The van der Waals surface area contributed by atoms with Gasteiger partial charge >= 0.3 is 0 Å². The first-order valence-corrected chi connectivity index (χ1v) is 9.22. The third-order valence-electron chi connectivity index (χ3n) is 3.04. The van der Waals surface area contributed by atoms with Gasteiger partial charge in [-0.25, -0.2) is 0 Å². The third kappa shape index (κ3) is 2.96. The van der Waals surface area contributed by atoms with Crippen LogP contribution < -0.4 is 10.6 Å². The highest BCUT2D eigenvalue weighted by atomic mass is 28.4. The minimum atomic E-state index is -2.31. The monoisotopic (exact) mass is 260 g/mol. The Morgan fingerprint density at radius 2 is 2.00 bits per heavy atom. The molecule has 0 saturated heterocycles. The molecule has 0 aliphatic rings. The Morgan fingerprint density at radius 3 is 2.67 bits per heavy atom. The fourth-order valence-corrected chi connectivity index (χ4v) is 2.83. The van der Waals surface area contributed by atoms with E-state index in [2.05, 4.69) is 28.5 Å². The lowest BCUT2D eigenvalue weighted by Crippen LogP contribution is -2.43. The lowest BCUT2D eigenvalue weighted by Gasteiger charge is -2.14. The lowest BCUT2D eigenvalue weighted by atomic mass is 10.1. The summed E-state index contributed by atoms with van der Waals surface area (Å²) in [5, 5.41) is 5.14. The van der Waals surface area contributed by atoms with Crippen LogP contribution in [-0.4, -0.2) is 31.7 Å². The molecule has 3 nitrogen and oxygen atoms in total. The molecule has 0 aliphatic heterocycles. The molecule has 1 heterocycles. The Balaban J connectivity index is 2.36. The number of hydrogen-bond donors (Lipinski definition) is 2. The molecule has 18 heavy (non-hydrogen) atoms. The van der Waals surface area contributed by atoms with E-state index in [1.807, 2.05) is 32.3 Å². The molecule has 2 aromatic rings. The van der Waals surface area contributed by atoms with Crippen LogP contribution in [0.3, 0.4) is 0 Å². The normalized spacial score (nSPS) is 12.0. The number of likely N-dealkylation sites (N-methyl/N-ethyl adjacent to an activating group) is 1. The van der Waals surface area contributed by atoms with Gasteiger partial charge in [-0.2, -0.15) is 0 Å². The quantitative estimate of drug-likeness (QED) is 0.817. The highest BCUT2D eigenvalue weighted by Crippen LogP contribution is 2.14. The largest absolute Gasteiger partial charge is 0.426 e. The predicted molar refractivity (Wildman–Crippen MR) is 78.7 cm³/mol. The van der Waals surface area contributed by atoms with Crippen molar-refractivity contribution in [1.29, 1.82) is 0 Å². The SMILES string of the molecule is CNCCc1ccc2nc([Si](C)(C)O)ccc2c1. The van der Waals surface area contributed by atoms with Gasteiger partial charge in [0.2, 0.25) is 8.32 Å². The minimum absolute atomic E-state index is 0.845. The summed E-state index contributed by atoms with van der Waals surface area (Å²) in [6.07, 6.45) is 1.02. The molecule has 4 heteroatoms. The van der Waals surface area contributed by atoms with Gasteiger partial charge in [0.15, 0.2) is 0 Å². The summed E-state index contributed by atoms with van der Waals surface area (Å²) < 4.78 is 0. The van der Waals surface area contributed by atoms with Gasteiger partial charge in [-0.15, -0.1) is 0 Å². The van der Waals surface area contributed by atoms with Crippen LogP contribution in [0.1, 0.15) is 5.56 Å². The zero-order chi connectivity index (χ0) is 13.2. The number of benzene rings is 1. The van der Waals surface area contributed by atoms with E-state index in [0.717, 1.165) is 29.2 Å². The van der Waals surface area contributed by atoms with E-state index in [4.69, 9.17) is 0 Å². The molecule has 0 radical (unpaired) electrons. The van der Waals surface area contributed by atoms with Crippen LogP contribution in [0.4, 0.5) is 0 Å². The van der Waals surface area contributed by atoms with Gasteiger partial charge in [-0.3, -0.25) is 4.98 Å². The molecule has 0 amide bonds. The van der Waals surface area contributed by atoms with Crippen molar-refractivity contribution in [2.24, 2.45) is 0 Å². The molecular weight excluding hydrogens is 240 g/mol. The standard InChI is InChI=1S/C14H20N2OSi/c1-15-9-8-11-4-6-13-12(10-11)5-7-14(16-13)18(2,3)17/h4-7,10,15,17H,8-9H2,1-3H3. The van der Waals surface area contributed by atoms with Crippen LogP contribution in [0, 0.1) is 0 Å². The van der Waals surface area contributed by atoms with Gasteiger partial charge < -0.3 is 10.1 Å². The molecule has 0 saturated carbocycles. The van der Waals surface area contributed by atoms with Gasteiger partial charge in [0, 0.05) is 5.39 Å². The molecule has 2 N–H and O–H groups in total. The van der Waals surface area contributed by atoms with Crippen molar-refractivity contribution in [2.75, 3.05) is 13.6 Å². The molecule has 0 bridgehead atoms. The second kappa shape index (κ2) is 5.18. The van der Waals surface area contributed by atoms with Crippen LogP contribution >= 0.6 is 0 Å². The van der Waals surface area contributed by atoms with Gasteiger partial charge in [0.05, 0.1) is 10.8 Å². The van der Waals surface area contributed by atoms with Crippen molar-refractivity contribution in [2.45, 2.75) is 19.5 Å². The Kier molecular flexibility index (Phi) is 3.80. The zero-order valence-electron chi connectivity index (χ0n) is 11.2. The molecule has 96 valence electrons. The highest BCUT2D eigenvalue weighted by Gasteiger charge is 2.21. The Hall–Kier alpha value is -1.23. The second-order valence-corrected chi connectivity index (χ2v) is 8.77. The smallest absolute Gasteiger partial charge is 0.233 e. The Bertz CT molecular complexity index is 549. The van der Waals surface area contributed by atoms with Crippen molar-refractivity contribution < 1.29 is 4.80 Å². The summed E-state index contributed by atoms with van der Waals surface area (Å²) in [5.41, 5.74) is 2.28. The number of nitrogens with one attached hydrogen (secondary N) is 1. The van der Waals surface area contributed by atoms with Gasteiger partial charge in [0.25, 0.3) is 0 Å². The van der Waals surface area contributed by atoms with Crippen molar-refractivity contribution in [3.63, 3.8) is 0 Å². The van der Waals surface area contributed by atoms with Gasteiger partial charge in [-0.1, -0.05) is 12.1 Å². The van der Waals surface area contributed by atoms with Crippen molar-refractivity contribution >= 4 is 24.5 Å². The summed E-state index contributed by atoms with van der Waals surface area (Å²) in [4.78, 5) is 14.7. The van der Waals surface area contributed by atoms with Crippen LogP contribution in [0.25, 0.3) is 10.9 Å². The molecule has 0 aliphatic carbocycles. The van der Waals surface area contributed by atoms with E-state index in [0.29, 0.717) is 0 Å². The first-order chi connectivity index (χ1) is 8.50. The lowest BCUT2D eigenvalue weighted by molar-refractivity contribution is 0.567. The fourth-order valence-electron chi connectivity index (χ4n) is 1.94.